The Morgan fingerprint density at radius 2 is 1.83 bits per heavy atom. The van der Waals surface area contributed by atoms with E-state index in [1.807, 2.05) is 60.8 Å². The first-order valence-corrected chi connectivity index (χ1v) is 10.5. The Morgan fingerprint density at radius 3 is 2.48 bits per heavy atom. The maximum absolute atomic E-state index is 13.2. The quantitative estimate of drug-likeness (QED) is 0.538. The van der Waals surface area contributed by atoms with Gasteiger partial charge in [0.1, 0.15) is 0 Å². The van der Waals surface area contributed by atoms with Gasteiger partial charge in [0.05, 0.1) is 18.0 Å². The Labute approximate surface area is 178 Å². The molecular weight excluding hydrogens is 408 g/mol. The summed E-state index contributed by atoms with van der Waals surface area (Å²) in [5, 5.41) is 12.3. The summed E-state index contributed by atoms with van der Waals surface area (Å²) in [4.78, 5) is 30.8. The van der Waals surface area contributed by atoms with Gasteiger partial charge in [-0.25, -0.2) is 4.98 Å². The Morgan fingerprint density at radius 1 is 1.14 bits per heavy atom. The zero-order valence-electron chi connectivity index (χ0n) is 15.9. The van der Waals surface area contributed by atoms with Crippen molar-refractivity contribution < 1.29 is 14.7 Å². The van der Waals surface area contributed by atoms with E-state index in [0.29, 0.717) is 28.8 Å². The molecule has 3 aromatic rings. The highest BCUT2D eigenvalue weighted by Crippen LogP contribution is 2.32. The van der Waals surface area contributed by atoms with Gasteiger partial charge in [-0.2, -0.15) is 0 Å². The first-order chi connectivity index (χ1) is 14.0. The molecule has 1 heterocycles. The van der Waals surface area contributed by atoms with E-state index in [-0.39, 0.29) is 12.3 Å². The van der Waals surface area contributed by atoms with Crippen molar-refractivity contribution in [3.05, 3.63) is 70.6 Å². The number of carbonyl (C=O) groups excluding carboxylic acids is 1. The Kier molecular flexibility index (Phi) is 7.01. The molecule has 1 N–H and O–H groups in total. The molecule has 7 heteroatoms. The monoisotopic (exact) mass is 428 g/mol. The minimum atomic E-state index is -0.994. The van der Waals surface area contributed by atoms with Gasteiger partial charge in [0, 0.05) is 22.5 Å². The minimum Gasteiger partial charge on any atom is -0.481 e. The standard InChI is InChI=1S/C22H21ClN2O3S/c1-2-25(22-24-19(14-29-22)17-10-6-7-11-18(17)23)21(28)16(13-20(26)27)12-15-8-4-3-5-9-15/h3-11,14,16H,2,12-13H2,1H3,(H,26,27). The van der Waals surface area contributed by atoms with Crippen LogP contribution in [0, 0.1) is 5.92 Å². The van der Waals surface area contributed by atoms with Gasteiger partial charge in [0.15, 0.2) is 5.13 Å². The van der Waals surface area contributed by atoms with Gasteiger partial charge < -0.3 is 5.11 Å². The van der Waals surface area contributed by atoms with Crippen LogP contribution < -0.4 is 4.90 Å². The van der Waals surface area contributed by atoms with Gasteiger partial charge in [0.2, 0.25) is 5.91 Å². The molecule has 3 rings (SSSR count). The predicted octanol–water partition coefficient (Wildman–Crippen LogP) is 5.15. The minimum absolute atomic E-state index is 0.229. The summed E-state index contributed by atoms with van der Waals surface area (Å²) in [5.41, 5.74) is 2.42. The van der Waals surface area contributed by atoms with Crippen molar-refractivity contribution in [2.45, 2.75) is 19.8 Å². The van der Waals surface area contributed by atoms with Crippen LogP contribution in [-0.2, 0) is 16.0 Å². The Balaban J connectivity index is 1.86. The third kappa shape index (κ3) is 5.22. The van der Waals surface area contributed by atoms with E-state index in [1.54, 1.807) is 11.0 Å². The van der Waals surface area contributed by atoms with E-state index in [4.69, 9.17) is 11.6 Å². The van der Waals surface area contributed by atoms with Crippen LogP contribution in [0.5, 0.6) is 0 Å². The van der Waals surface area contributed by atoms with Gasteiger partial charge in [-0.05, 0) is 25.0 Å². The number of rotatable bonds is 8. The average molecular weight is 429 g/mol. The number of benzene rings is 2. The van der Waals surface area contributed by atoms with Crippen LogP contribution in [0.25, 0.3) is 11.3 Å². The fourth-order valence-electron chi connectivity index (χ4n) is 3.14. The van der Waals surface area contributed by atoms with E-state index < -0.39 is 11.9 Å². The fraction of sp³-hybridized carbons (Fsp3) is 0.227. The van der Waals surface area contributed by atoms with Crippen LogP contribution in [0.4, 0.5) is 5.13 Å². The summed E-state index contributed by atoms with van der Waals surface area (Å²) in [6, 6.07) is 16.9. The zero-order chi connectivity index (χ0) is 20.8. The SMILES string of the molecule is CCN(C(=O)C(CC(=O)O)Cc1ccccc1)c1nc(-c2ccccc2Cl)cs1. The number of carboxylic acid groups (broad SMARTS) is 1. The highest BCUT2D eigenvalue weighted by molar-refractivity contribution is 7.14. The number of hydrogen-bond donors (Lipinski definition) is 1. The number of nitrogens with zero attached hydrogens (tertiary/aromatic N) is 2. The van der Waals surface area contributed by atoms with E-state index in [9.17, 15) is 14.7 Å². The van der Waals surface area contributed by atoms with Crippen LogP contribution >= 0.6 is 22.9 Å². The van der Waals surface area contributed by atoms with Crippen LogP contribution in [0.3, 0.4) is 0 Å². The van der Waals surface area contributed by atoms with Gasteiger partial charge >= 0.3 is 5.97 Å². The van der Waals surface area contributed by atoms with Crippen molar-refractivity contribution in [2.75, 3.05) is 11.4 Å². The number of carbonyl (C=O) groups is 2. The molecule has 0 aliphatic carbocycles. The lowest BCUT2D eigenvalue weighted by Gasteiger charge is -2.23. The topological polar surface area (TPSA) is 70.5 Å². The lowest BCUT2D eigenvalue weighted by molar-refractivity contribution is -0.140. The summed E-state index contributed by atoms with van der Waals surface area (Å²) in [7, 11) is 0. The second-order valence-corrected chi connectivity index (χ2v) is 7.81. The van der Waals surface area contributed by atoms with E-state index in [0.717, 1.165) is 11.1 Å². The molecule has 5 nitrogen and oxygen atoms in total. The van der Waals surface area contributed by atoms with Crippen LogP contribution in [0.1, 0.15) is 18.9 Å². The molecule has 1 aromatic heterocycles. The third-order valence-corrected chi connectivity index (χ3v) is 5.74. The smallest absolute Gasteiger partial charge is 0.304 e. The summed E-state index contributed by atoms with van der Waals surface area (Å²) >= 11 is 7.61. The molecule has 0 fully saturated rings. The number of carboxylic acids is 1. The molecule has 0 aliphatic rings. The molecular formula is C22H21ClN2O3S. The Bertz CT molecular complexity index is 990. The highest BCUT2D eigenvalue weighted by atomic mass is 35.5. The van der Waals surface area contributed by atoms with Crippen molar-refractivity contribution >= 4 is 39.9 Å². The van der Waals surface area contributed by atoms with Crippen molar-refractivity contribution in [1.82, 2.24) is 4.98 Å². The van der Waals surface area contributed by atoms with Crippen LogP contribution in [0.15, 0.2) is 60.0 Å². The summed E-state index contributed by atoms with van der Waals surface area (Å²) in [6.07, 6.45) is 0.137. The third-order valence-electron chi connectivity index (χ3n) is 4.55. The molecule has 0 spiro atoms. The summed E-state index contributed by atoms with van der Waals surface area (Å²) in [5.74, 6) is -1.90. The number of halogens is 1. The second-order valence-electron chi connectivity index (χ2n) is 6.56. The van der Waals surface area contributed by atoms with Gasteiger partial charge in [-0.1, -0.05) is 60.1 Å². The molecule has 29 heavy (non-hydrogen) atoms. The van der Waals surface area contributed by atoms with Gasteiger partial charge in [-0.15, -0.1) is 11.3 Å². The van der Waals surface area contributed by atoms with E-state index >= 15 is 0 Å². The molecule has 0 aliphatic heterocycles. The lowest BCUT2D eigenvalue weighted by Crippen LogP contribution is -2.38. The number of anilines is 1. The highest BCUT2D eigenvalue weighted by Gasteiger charge is 2.28. The molecule has 0 saturated heterocycles. The predicted molar refractivity (Wildman–Crippen MR) is 116 cm³/mol. The van der Waals surface area contributed by atoms with Crippen LogP contribution in [-0.4, -0.2) is 28.5 Å². The first-order valence-electron chi connectivity index (χ1n) is 9.27. The number of aromatic nitrogens is 1. The molecule has 0 radical (unpaired) electrons. The van der Waals surface area contributed by atoms with Crippen molar-refractivity contribution in [2.24, 2.45) is 5.92 Å². The Hall–Kier alpha value is -2.70. The van der Waals surface area contributed by atoms with E-state index in [1.165, 1.54) is 11.3 Å². The van der Waals surface area contributed by atoms with E-state index in [2.05, 4.69) is 4.98 Å². The van der Waals surface area contributed by atoms with Crippen molar-refractivity contribution in [3.63, 3.8) is 0 Å². The van der Waals surface area contributed by atoms with Crippen molar-refractivity contribution in [3.8, 4) is 11.3 Å². The van der Waals surface area contributed by atoms with Crippen LogP contribution in [0.2, 0.25) is 5.02 Å². The number of hydrogen-bond acceptors (Lipinski definition) is 4. The second kappa shape index (κ2) is 9.67. The summed E-state index contributed by atoms with van der Waals surface area (Å²) < 4.78 is 0. The molecule has 1 amide bonds. The molecule has 0 bridgehead atoms. The molecule has 1 unspecified atom stereocenters. The maximum Gasteiger partial charge on any atom is 0.304 e. The fourth-order valence-corrected chi connectivity index (χ4v) is 4.27. The molecule has 0 saturated carbocycles. The summed E-state index contributed by atoms with van der Waals surface area (Å²) in [6.45, 7) is 2.26. The lowest BCUT2D eigenvalue weighted by atomic mass is 9.95. The molecule has 150 valence electrons. The van der Waals surface area contributed by atoms with Gasteiger partial charge in [-0.3, -0.25) is 14.5 Å². The normalized spacial score (nSPS) is 11.8. The number of thiazole rings is 1. The number of amides is 1. The average Bonchev–Trinajstić information content (AvgIpc) is 3.18. The van der Waals surface area contributed by atoms with Crippen molar-refractivity contribution in [1.29, 1.82) is 0 Å². The maximum atomic E-state index is 13.2. The zero-order valence-corrected chi connectivity index (χ0v) is 17.5. The molecule has 1 atom stereocenters. The number of aliphatic carboxylic acids is 1. The molecule has 2 aromatic carbocycles. The largest absolute Gasteiger partial charge is 0.481 e. The first kappa shape index (κ1) is 21.0. The van der Waals surface area contributed by atoms with Gasteiger partial charge in [0.25, 0.3) is 0 Å².